The van der Waals surface area contributed by atoms with E-state index in [9.17, 15) is 0 Å². The van der Waals surface area contributed by atoms with Crippen LogP contribution in [0.25, 0.3) is 5.57 Å². The van der Waals surface area contributed by atoms with Crippen LogP contribution in [0.4, 0.5) is 5.69 Å². The van der Waals surface area contributed by atoms with Gasteiger partial charge in [0.2, 0.25) is 0 Å². The summed E-state index contributed by atoms with van der Waals surface area (Å²) in [5, 5.41) is 0. The maximum Gasteiger partial charge on any atom is 0.0475 e. The van der Waals surface area contributed by atoms with E-state index in [1.807, 2.05) is 0 Å². The standard InChI is InChI=1S/C22H34N2O/c1-21(2)9-7-17(8-10-21)19-15-18(5-6-20(19)23)22(16-24(3)4)11-13-25-14-12-22/h5-7,15H,8-14,16,23H2,1-4H3. The molecule has 3 rings (SSSR count). The SMILES string of the molecule is CN(C)CC1(c2ccc(N)c(C3=CCC(C)(C)CC3)c2)CCOCC1. The minimum absolute atomic E-state index is 0.179. The lowest BCUT2D eigenvalue weighted by atomic mass is 9.72. The summed E-state index contributed by atoms with van der Waals surface area (Å²) in [6, 6.07) is 6.76. The normalized spacial score (nSPS) is 22.7. The minimum atomic E-state index is 0.179. The van der Waals surface area contributed by atoms with Crippen LogP contribution in [0, 0.1) is 5.41 Å². The van der Waals surface area contributed by atoms with E-state index in [1.54, 1.807) is 0 Å². The van der Waals surface area contributed by atoms with Crippen LogP contribution in [0.3, 0.4) is 0 Å². The van der Waals surface area contributed by atoms with Crippen LogP contribution < -0.4 is 5.73 Å². The van der Waals surface area contributed by atoms with Crippen LogP contribution in [0.2, 0.25) is 0 Å². The molecule has 1 heterocycles. The lowest BCUT2D eigenvalue weighted by Crippen LogP contribution is -2.42. The van der Waals surface area contributed by atoms with E-state index in [1.165, 1.54) is 23.1 Å². The average molecular weight is 343 g/mol. The Morgan fingerprint density at radius 1 is 1.12 bits per heavy atom. The first-order valence-corrected chi connectivity index (χ1v) is 9.63. The van der Waals surface area contributed by atoms with Gasteiger partial charge in [-0.2, -0.15) is 0 Å². The Morgan fingerprint density at radius 2 is 1.84 bits per heavy atom. The van der Waals surface area contributed by atoms with Gasteiger partial charge in [0.15, 0.2) is 0 Å². The van der Waals surface area contributed by atoms with Gasteiger partial charge in [0, 0.05) is 36.4 Å². The second-order valence-electron chi connectivity index (χ2n) is 9.03. The van der Waals surface area contributed by atoms with Gasteiger partial charge in [0.1, 0.15) is 0 Å². The van der Waals surface area contributed by atoms with Crippen LogP contribution >= 0.6 is 0 Å². The number of ether oxygens (including phenoxy) is 1. The maximum atomic E-state index is 6.39. The molecule has 1 aliphatic heterocycles. The quantitative estimate of drug-likeness (QED) is 0.820. The Morgan fingerprint density at radius 3 is 2.44 bits per heavy atom. The molecule has 1 aliphatic carbocycles. The fourth-order valence-corrected chi connectivity index (χ4v) is 4.39. The van der Waals surface area contributed by atoms with Gasteiger partial charge in [-0.25, -0.2) is 0 Å². The van der Waals surface area contributed by atoms with Crippen LogP contribution in [-0.4, -0.2) is 38.8 Å². The van der Waals surface area contributed by atoms with Gasteiger partial charge >= 0.3 is 0 Å². The highest BCUT2D eigenvalue weighted by atomic mass is 16.5. The Labute approximate surface area is 153 Å². The zero-order valence-electron chi connectivity index (χ0n) is 16.4. The Balaban J connectivity index is 1.96. The Hall–Kier alpha value is -1.32. The lowest BCUT2D eigenvalue weighted by molar-refractivity contribution is 0.0401. The summed E-state index contributed by atoms with van der Waals surface area (Å²) in [5.41, 5.74) is 12.0. The van der Waals surface area contributed by atoms with Gasteiger partial charge in [-0.1, -0.05) is 26.0 Å². The number of nitrogen functional groups attached to an aromatic ring is 1. The molecular weight excluding hydrogens is 308 g/mol. The van der Waals surface area contributed by atoms with Crippen LogP contribution in [0.15, 0.2) is 24.3 Å². The van der Waals surface area contributed by atoms with Crippen LogP contribution in [-0.2, 0) is 10.2 Å². The molecule has 1 aromatic rings. The molecule has 0 spiro atoms. The van der Waals surface area contributed by atoms with Gasteiger partial charge in [0.25, 0.3) is 0 Å². The van der Waals surface area contributed by atoms with E-state index in [0.717, 1.165) is 51.1 Å². The highest BCUT2D eigenvalue weighted by molar-refractivity contribution is 5.76. The van der Waals surface area contributed by atoms with Crippen molar-refractivity contribution in [1.29, 1.82) is 0 Å². The fourth-order valence-electron chi connectivity index (χ4n) is 4.39. The van der Waals surface area contributed by atoms with E-state index in [0.29, 0.717) is 5.41 Å². The molecule has 138 valence electrons. The fraction of sp³-hybridized carbons (Fsp3) is 0.636. The molecule has 2 N–H and O–H groups in total. The number of anilines is 1. The molecule has 1 fully saturated rings. The second-order valence-corrected chi connectivity index (χ2v) is 9.03. The van der Waals surface area contributed by atoms with Crippen molar-refractivity contribution < 1.29 is 4.74 Å². The highest BCUT2D eigenvalue weighted by Gasteiger charge is 2.35. The van der Waals surface area contributed by atoms with Crippen molar-refractivity contribution in [3.8, 4) is 0 Å². The number of hydrogen-bond donors (Lipinski definition) is 1. The molecule has 3 nitrogen and oxygen atoms in total. The molecular formula is C22H34N2O. The molecule has 1 aromatic carbocycles. The summed E-state index contributed by atoms with van der Waals surface area (Å²) >= 11 is 0. The number of allylic oxidation sites excluding steroid dienone is 2. The molecule has 0 aromatic heterocycles. The van der Waals surface area contributed by atoms with Gasteiger partial charge in [-0.15, -0.1) is 0 Å². The number of nitrogens with zero attached hydrogens (tertiary/aromatic N) is 1. The van der Waals surface area contributed by atoms with Crippen molar-refractivity contribution in [1.82, 2.24) is 4.90 Å². The summed E-state index contributed by atoms with van der Waals surface area (Å²) in [4.78, 5) is 2.31. The van der Waals surface area contributed by atoms with Gasteiger partial charge < -0.3 is 15.4 Å². The minimum Gasteiger partial charge on any atom is -0.398 e. The predicted octanol–water partition coefficient (Wildman–Crippen LogP) is 4.47. The first kappa shape index (κ1) is 18.5. The molecule has 0 unspecified atom stereocenters. The molecule has 25 heavy (non-hydrogen) atoms. The van der Waals surface area contributed by atoms with Crippen molar-refractivity contribution in [3.63, 3.8) is 0 Å². The summed E-state index contributed by atoms with van der Waals surface area (Å²) < 4.78 is 5.67. The van der Waals surface area contributed by atoms with Crippen molar-refractivity contribution in [2.45, 2.75) is 51.4 Å². The molecule has 0 bridgehead atoms. The summed E-state index contributed by atoms with van der Waals surface area (Å²) in [7, 11) is 4.34. The largest absolute Gasteiger partial charge is 0.398 e. The topological polar surface area (TPSA) is 38.5 Å². The van der Waals surface area contributed by atoms with E-state index in [2.05, 4.69) is 57.1 Å². The van der Waals surface area contributed by atoms with Gasteiger partial charge in [0.05, 0.1) is 0 Å². The van der Waals surface area contributed by atoms with E-state index in [4.69, 9.17) is 10.5 Å². The van der Waals surface area contributed by atoms with Crippen molar-refractivity contribution >= 4 is 11.3 Å². The summed E-state index contributed by atoms with van der Waals surface area (Å²) in [5.74, 6) is 0. The highest BCUT2D eigenvalue weighted by Crippen LogP contribution is 2.42. The summed E-state index contributed by atoms with van der Waals surface area (Å²) in [6.07, 6.45) is 8.09. The van der Waals surface area contributed by atoms with Crippen LogP contribution in [0.5, 0.6) is 0 Å². The third-order valence-electron chi connectivity index (χ3n) is 6.05. The predicted molar refractivity (Wildman–Crippen MR) is 107 cm³/mol. The number of nitrogens with two attached hydrogens (primary N) is 1. The Bertz CT molecular complexity index is 639. The molecule has 0 amide bonds. The number of rotatable bonds is 4. The van der Waals surface area contributed by atoms with Crippen molar-refractivity contribution in [3.05, 3.63) is 35.4 Å². The third-order valence-corrected chi connectivity index (χ3v) is 6.05. The zero-order chi connectivity index (χ0) is 18.1. The summed E-state index contributed by atoms with van der Waals surface area (Å²) in [6.45, 7) is 7.48. The average Bonchev–Trinajstić information content (AvgIpc) is 2.56. The van der Waals surface area contributed by atoms with Crippen molar-refractivity contribution in [2.75, 3.05) is 39.6 Å². The number of hydrogen-bond acceptors (Lipinski definition) is 3. The molecule has 0 radical (unpaired) electrons. The smallest absolute Gasteiger partial charge is 0.0475 e. The molecule has 1 saturated heterocycles. The maximum absolute atomic E-state index is 6.39. The zero-order valence-corrected chi connectivity index (χ0v) is 16.4. The van der Waals surface area contributed by atoms with Gasteiger partial charge in [-0.3, -0.25) is 0 Å². The van der Waals surface area contributed by atoms with Crippen molar-refractivity contribution in [2.24, 2.45) is 5.41 Å². The lowest BCUT2D eigenvalue weighted by Gasteiger charge is -2.40. The van der Waals surface area contributed by atoms with E-state index in [-0.39, 0.29) is 5.41 Å². The molecule has 0 atom stereocenters. The third kappa shape index (κ3) is 4.09. The first-order valence-electron chi connectivity index (χ1n) is 9.63. The van der Waals surface area contributed by atoms with E-state index < -0.39 is 0 Å². The first-order chi connectivity index (χ1) is 11.8. The van der Waals surface area contributed by atoms with Crippen LogP contribution in [0.1, 0.15) is 57.1 Å². The number of benzene rings is 1. The second kappa shape index (κ2) is 7.13. The molecule has 0 saturated carbocycles. The number of likely N-dealkylation sites (N-methyl/N-ethyl adjacent to an activating group) is 1. The van der Waals surface area contributed by atoms with E-state index >= 15 is 0 Å². The Kier molecular flexibility index (Phi) is 5.26. The van der Waals surface area contributed by atoms with Gasteiger partial charge in [-0.05, 0) is 74.9 Å². The monoisotopic (exact) mass is 342 g/mol. The molecule has 3 heteroatoms. The molecule has 2 aliphatic rings.